The lowest BCUT2D eigenvalue weighted by molar-refractivity contribution is -0.152. The molecule has 0 aromatic carbocycles. The van der Waals surface area contributed by atoms with Crippen LogP contribution in [0.25, 0.3) is 0 Å². The van der Waals surface area contributed by atoms with Crippen molar-refractivity contribution in [3.05, 3.63) is 5.01 Å². The van der Waals surface area contributed by atoms with Crippen LogP contribution in [-0.2, 0) is 9.53 Å². The smallest absolute Gasteiger partial charge is 0.313 e. The predicted octanol–water partition coefficient (Wildman–Crippen LogP) is 2.20. The molecule has 2 atom stereocenters. The second kappa shape index (κ2) is 4.41. The third-order valence-corrected chi connectivity index (χ3v) is 6.24. The number of ether oxygens (including phenoxy) is 1. The molecule has 2 heterocycles. The van der Waals surface area contributed by atoms with E-state index in [0.717, 1.165) is 37.5 Å². The van der Waals surface area contributed by atoms with Crippen LogP contribution in [0.1, 0.15) is 43.0 Å². The summed E-state index contributed by atoms with van der Waals surface area (Å²) in [6.45, 7) is 1.68. The van der Waals surface area contributed by atoms with E-state index in [4.69, 9.17) is 4.74 Å². The molecule has 2 saturated carbocycles. The van der Waals surface area contributed by atoms with Gasteiger partial charge in [0, 0.05) is 19.0 Å². The van der Waals surface area contributed by atoms with E-state index in [0.29, 0.717) is 11.8 Å². The maximum Gasteiger partial charge on any atom is 0.313 e. The van der Waals surface area contributed by atoms with Crippen LogP contribution in [0.2, 0.25) is 0 Å². The number of aromatic nitrogens is 2. The Balaban J connectivity index is 1.57. The monoisotopic (exact) mass is 293 g/mol. The third kappa shape index (κ3) is 1.77. The molecule has 1 aliphatic heterocycles. The summed E-state index contributed by atoms with van der Waals surface area (Å²) >= 11 is 1.71. The van der Waals surface area contributed by atoms with E-state index >= 15 is 0 Å². The van der Waals surface area contributed by atoms with Gasteiger partial charge in [0.2, 0.25) is 5.13 Å². The molecule has 0 spiro atoms. The molecule has 1 aromatic heterocycles. The highest BCUT2D eigenvalue weighted by molar-refractivity contribution is 7.15. The lowest BCUT2D eigenvalue weighted by Gasteiger charge is -2.25. The topological polar surface area (TPSA) is 55.3 Å². The Morgan fingerprint density at radius 1 is 1.40 bits per heavy atom. The van der Waals surface area contributed by atoms with Gasteiger partial charge >= 0.3 is 5.97 Å². The van der Waals surface area contributed by atoms with E-state index in [9.17, 15) is 4.79 Å². The molecular formula is C14H19N3O2S. The number of fused-ring (bicyclic) bond motifs is 1. The van der Waals surface area contributed by atoms with Crippen molar-refractivity contribution in [3.8, 4) is 0 Å². The van der Waals surface area contributed by atoms with Gasteiger partial charge in [-0.2, -0.15) is 0 Å². The van der Waals surface area contributed by atoms with E-state index in [1.807, 2.05) is 0 Å². The highest BCUT2D eigenvalue weighted by Crippen LogP contribution is 2.51. The lowest BCUT2D eigenvalue weighted by Crippen LogP contribution is -2.36. The zero-order valence-electron chi connectivity index (χ0n) is 11.7. The van der Waals surface area contributed by atoms with E-state index in [-0.39, 0.29) is 11.4 Å². The van der Waals surface area contributed by atoms with E-state index in [1.165, 1.54) is 25.0 Å². The number of carbonyl (C=O) groups excluding carboxylic acids is 1. The van der Waals surface area contributed by atoms with Gasteiger partial charge in [-0.1, -0.05) is 17.8 Å². The van der Waals surface area contributed by atoms with Crippen LogP contribution < -0.4 is 4.90 Å². The van der Waals surface area contributed by atoms with Crippen molar-refractivity contribution < 1.29 is 9.53 Å². The van der Waals surface area contributed by atoms with Crippen LogP contribution in [0.4, 0.5) is 5.13 Å². The van der Waals surface area contributed by atoms with E-state index < -0.39 is 0 Å². The Kier molecular flexibility index (Phi) is 2.77. The fraction of sp³-hybridized carbons (Fsp3) is 0.786. The molecule has 3 fully saturated rings. The molecule has 4 rings (SSSR count). The first kappa shape index (κ1) is 12.6. The maximum atomic E-state index is 12.2. The number of rotatable bonds is 3. The Morgan fingerprint density at radius 2 is 2.25 bits per heavy atom. The van der Waals surface area contributed by atoms with Crippen molar-refractivity contribution in [2.45, 2.75) is 38.0 Å². The SMILES string of the molecule is COC(=O)C12CCCC1CN(c1nnc(C3CC3)s1)C2. The standard InChI is InChI=1S/C14H19N3O2S/c1-19-12(18)14-6-2-3-10(14)7-17(8-14)13-16-15-11(20-13)9-4-5-9/h9-10H,2-8H2,1H3. The van der Waals surface area contributed by atoms with Gasteiger partial charge in [-0.05, 0) is 31.6 Å². The first-order chi connectivity index (χ1) is 9.73. The average Bonchev–Trinajstić information content (AvgIpc) is 2.89. The van der Waals surface area contributed by atoms with Gasteiger partial charge < -0.3 is 9.64 Å². The molecule has 108 valence electrons. The summed E-state index contributed by atoms with van der Waals surface area (Å²) in [7, 11) is 1.51. The number of carbonyl (C=O) groups is 1. The molecule has 20 heavy (non-hydrogen) atoms. The summed E-state index contributed by atoms with van der Waals surface area (Å²) in [4.78, 5) is 14.5. The Hall–Kier alpha value is -1.17. The quantitative estimate of drug-likeness (QED) is 0.800. The van der Waals surface area contributed by atoms with Gasteiger partial charge in [0.25, 0.3) is 0 Å². The van der Waals surface area contributed by atoms with Crippen molar-refractivity contribution in [1.82, 2.24) is 10.2 Å². The van der Waals surface area contributed by atoms with Crippen LogP contribution in [-0.4, -0.2) is 36.4 Å². The highest BCUT2D eigenvalue weighted by Gasteiger charge is 2.56. The number of nitrogens with zero attached hydrogens (tertiary/aromatic N) is 3. The summed E-state index contributed by atoms with van der Waals surface area (Å²) in [5.74, 6) is 1.04. The molecule has 0 N–H and O–H groups in total. The number of hydrogen-bond donors (Lipinski definition) is 0. The molecule has 2 aliphatic carbocycles. The van der Waals surface area contributed by atoms with Crippen molar-refractivity contribution in [1.29, 1.82) is 0 Å². The lowest BCUT2D eigenvalue weighted by atomic mass is 9.81. The van der Waals surface area contributed by atoms with Gasteiger partial charge in [-0.15, -0.1) is 10.2 Å². The third-order valence-electron chi connectivity index (χ3n) is 5.09. The summed E-state index contributed by atoms with van der Waals surface area (Å²) < 4.78 is 5.08. The number of hydrogen-bond acceptors (Lipinski definition) is 6. The summed E-state index contributed by atoms with van der Waals surface area (Å²) in [6.07, 6.45) is 5.72. The van der Waals surface area contributed by atoms with Crippen LogP contribution in [0.3, 0.4) is 0 Å². The molecule has 6 heteroatoms. The van der Waals surface area contributed by atoms with Gasteiger partial charge in [0.05, 0.1) is 12.5 Å². The highest BCUT2D eigenvalue weighted by atomic mass is 32.1. The predicted molar refractivity (Wildman–Crippen MR) is 75.9 cm³/mol. The largest absolute Gasteiger partial charge is 0.469 e. The van der Waals surface area contributed by atoms with Gasteiger partial charge in [-0.25, -0.2) is 0 Å². The molecule has 1 aromatic rings. The minimum atomic E-state index is -0.292. The molecule has 2 unspecified atom stereocenters. The first-order valence-corrected chi connectivity index (χ1v) is 8.21. The summed E-state index contributed by atoms with van der Waals surface area (Å²) in [6, 6.07) is 0. The van der Waals surface area contributed by atoms with Crippen molar-refractivity contribution in [2.75, 3.05) is 25.1 Å². The second-order valence-corrected chi connectivity index (χ2v) is 7.30. The number of anilines is 1. The normalized spacial score (nSPS) is 32.5. The Morgan fingerprint density at radius 3 is 3.00 bits per heavy atom. The van der Waals surface area contributed by atoms with E-state index in [2.05, 4.69) is 15.1 Å². The Labute approximate surface area is 122 Å². The fourth-order valence-electron chi connectivity index (χ4n) is 3.82. The van der Waals surface area contributed by atoms with Gasteiger partial charge in [-0.3, -0.25) is 4.79 Å². The minimum Gasteiger partial charge on any atom is -0.469 e. The Bertz CT molecular complexity index is 542. The van der Waals surface area contributed by atoms with Crippen LogP contribution in [0.15, 0.2) is 0 Å². The molecule has 0 bridgehead atoms. The summed E-state index contributed by atoms with van der Waals surface area (Å²) in [5.41, 5.74) is -0.292. The van der Waals surface area contributed by atoms with Crippen molar-refractivity contribution >= 4 is 22.4 Å². The van der Waals surface area contributed by atoms with Gasteiger partial charge in [0.1, 0.15) is 5.01 Å². The summed E-state index contributed by atoms with van der Waals surface area (Å²) in [5, 5.41) is 10.8. The number of esters is 1. The molecular weight excluding hydrogens is 274 g/mol. The van der Waals surface area contributed by atoms with Crippen LogP contribution in [0.5, 0.6) is 0 Å². The zero-order valence-corrected chi connectivity index (χ0v) is 12.5. The molecule has 0 amide bonds. The molecule has 1 saturated heterocycles. The molecule has 3 aliphatic rings. The van der Waals surface area contributed by atoms with Crippen molar-refractivity contribution in [2.24, 2.45) is 11.3 Å². The van der Waals surface area contributed by atoms with E-state index in [1.54, 1.807) is 11.3 Å². The number of methoxy groups -OCH3 is 1. The second-order valence-electron chi connectivity index (χ2n) is 6.31. The average molecular weight is 293 g/mol. The maximum absolute atomic E-state index is 12.2. The fourth-order valence-corrected chi connectivity index (χ4v) is 4.84. The van der Waals surface area contributed by atoms with Crippen LogP contribution >= 0.6 is 11.3 Å². The van der Waals surface area contributed by atoms with Gasteiger partial charge in [0.15, 0.2) is 0 Å². The van der Waals surface area contributed by atoms with Crippen molar-refractivity contribution in [3.63, 3.8) is 0 Å². The molecule has 0 radical (unpaired) electrons. The molecule has 5 nitrogen and oxygen atoms in total. The first-order valence-electron chi connectivity index (χ1n) is 7.40. The minimum absolute atomic E-state index is 0.0329. The zero-order chi connectivity index (χ0) is 13.7. The van der Waals surface area contributed by atoms with Crippen LogP contribution in [0, 0.1) is 11.3 Å².